The van der Waals surface area contributed by atoms with Crippen LogP contribution in [-0.4, -0.2) is 126 Å². The largest absolute Gasteiger partial charge is 0.436 e. The van der Waals surface area contributed by atoms with Crippen molar-refractivity contribution in [2.45, 2.75) is 109 Å². The summed E-state index contributed by atoms with van der Waals surface area (Å²) < 4.78 is 14.0. The van der Waals surface area contributed by atoms with E-state index in [1.54, 1.807) is 9.58 Å². The monoisotopic (exact) mass is 757 g/mol. The van der Waals surface area contributed by atoms with Gasteiger partial charge in [0.1, 0.15) is 6.73 Å². The van der Waals surface area contributed by atoms with Crippen LogP contribution in [0.3, 0.4) is 0 Å². The summed E-state index contributed by atoms with van der Waals surface area (Å²) in [6.07, 6.45) is 7.81. The minimum Gasteiger partial charge on any atom is -0.436 e. The Morgan fingerprint density at radius 3 is 2.41 bits per heavy atom. The molecule has 4 aliphatic rings. The number of urea groups is 1. The number of hydrogen-bond acceptors (Lipinski definition) is 8. The lowest BCUT2D eigenvalue weighted by atomic mass is 9.98. The standard InChI is InChI=1S/C41H59N7O5Si/c1-30-24-32(25-33-26-47(43-38(30)33)29-52-22-23-54(2,3)4)39(49)37(28-44-18-12-34(13-19-44)45-16-8-5-9-17-45)53-41(51)46-20-14-35(15-21-46)48-27-31-10-6-7-11-36(31)42-40(48)50/h6-7,10-11,24-26,34-35,37H,5,8-9,12-23,27-29H2,1-4H3,(H,42,50)/t37-/m1/s1. The summed E-state index contributed by atoms with van der Waals surface area (Å²) >= 11 is 0. The van der Waals surface area contributed by atoms with Crippen LogP contribution < -0.4 is 5.32 Å². The van der Waals surface area contributed by atoms with Crippen molar-refractivity contribution in [1.29, 1.82) is 0 Å². The summed E-state index contributed by atoms with van der Waals surface area (Å²) in [5.41, 5.74) is 4.20. The summed E-state index contributed by atoms with van der Waals surface area (Å²) in [5.74, 6) is -0.191. The maximum absolute atomic E-state index is 14.4. The van der Waals surface area contributed by atoms with Crippen LogP contribution in [0.5, 0.6) is 0 Å². The Kier molecular flexibility index (Phi) is 12.1. The van der Waals surface area contributed by atoms with Gasteiger partial charge in [-0.15, -0.1) is 0 Å². The highest BCUT2D eigenvalue weighted by molar-refractivity contribution is 6.76. The minimum absolute atomic E-state index is 0.0161. The number of ketones is 1. The van der Waals surface area contributed by atoms with E-state index in [0.717, 1.165) is 59.7 Å². The number of carbonyl (C=O) groups is 3. The molecule has 1 atom stereocenters. The molecule has 0 bridgehead atoms. The summed E-state index contributed by atoms with van der Waals surface area (Å²) in [7, 11) is -1.19. The number of carbonyl (C=O) groups excluding carboxylic acids is 3. The van der Waals surface area contributed by atoms with Gasteiger partial charge in [-0.2, -0.15) is 5.10 Å². The van der Waals surface area contributed by atoms with E-state index in [-0.39, 0.29) is 17.9 Å². The molecular weight excluding hydrogens is 699 g/mol. The molecule has 0 unspecified atom stereocenters. The van der Waals surface area contributed by atoms with Crippen molar-refractivity contribution in [3.8, 4) is 0 Å². The molecule has 5 heterocycles. The molecule has 0 saturated carbocycles. The van der Waals surface area contributed by atoms with Crippen LogP contribution in [0.25, 0.3) is 10.9 Å². The van der Waals surface area contributed by atoms with Crippen molar-refractivity contribution < 1.29 is 23.9 Å². The Morgan fingerprint density at radius 1 is 0.944 bits per heavy atom. The summed E-state index contributed by atoms with van der Waals surface area (Å²) in [4.78, 5) is 49.8. The average molecular weight is 758 g/mol. The van der Waals surface area contributed by atoms with E-state index in [1.165, 1.54) is 32.4 Å². The van der Waals surface area contributed by atoms with Gasteiger partial charge in [-0.25, -0.2) is 14.3 Å². The number of fused-ring (bicyclic) bond motifs is 2. The van der Waals surface area contributed by atoms with Crippen molar-refractivity contribution in [2.75, 3.05) is 57.7 Å². The molecule has 0 aliphatic carbocycles. The second-order valence-corrected chi connectivity index (χ2v) is 22.7. The number of likely N-dealkylation sites (tertiary alicyclic amines) is 3. The molecule has 3 aromatic rings. The lowest BCUT2D eigenvalue weighted by Gasteiger charge is -2.41. The van der Waals surface area contributed by atoms with Crippen molar-refractivity contribution in [3.63, 3.8) is 0 Å². The number of ether oxygens (including phenoxy) is 2. The SMILES string of the molecule is Cc1cc(C(=O)[C@@H](CN2CCC(N3CCCCC3)CC2)OC(=O)N2CCC(N3Cc4ccccc4NC3=O)CC2)cc2cn(COCC[Si](C)(C)C)nc12. The number of rotatable bonds is 12. The molecule has 12 nitrogen and oxygen atoms in total. The van der Waals surface area contributed by atoms with Crippen LogP contribution in [0.2, 0.25) is 25.7 Å². The van der Waals surface area contributed by atoms with Gasteiger partial charge < -0.3 is 29.5 Å². The number of Topliss-reactive ketones (excluding diaryl/α,β-unsaturated/α-hetero) is 1. The highest BCUT2D eigenvalue weighted by Gasteiger charge is 2.36. The second-order valence-electron chi connectivity index (χ2n) is 17.0. The Morgan fingerprint density at radius 2 is 1.67 bits per heavy atom. The van der Waals surface area contributed by atoms with Gasteiger partial charge in [0.15, 0.2) is 6.10 Å². The molecule has 3 amide bonds. The predicted octanol–water partition coefficient (Wildman–Crippen LogP) is 6.81. The smallest absolute Gasteiger partial charge is 0.410 e. The Bertz CT molecular complexity index is 1790. The highest BCUT2D eigenvalue weighted by atomic mass is 28.3. The fourth-order valence-electron chi connectivity index (χ4n) is 8.52. The minimum atomic E-state index is -1.19. The van der Waals surface area contributed by atoms with E-state index in [9.17, 15) is 14.4 Å². The van der Waals surface area contributed by atoms with Crippen molar-refractivity contribution in [2.24, 2.45) is 0 Å². The second kappa shape index (κ2) is 16.9. The molecule has 1 N–H and O–H groups in total. The van der Waals surface area contributed by atoms with Gasteiger partial charge in [-0.1, -0.05) is 44.3 Å². The van der Waals surface area contributed by atoms with Gasteiger partial charge in [0, 0.05) is 75.8 Å². The average Bonchev–Trinajstić information content (AvgIpc) is 3.60. The van der Waals surface area contributed by atoms with Crippen LogP contribution in [-0.2, 0) is 22.7 Å². The fourth-order valence-corrected chi connectivity index (χ4v) is 9.28. The van der Waals surface area contributed by atoms with Gasteiger partial charge in [0.2, 0.25) is 5.78 Å². The first-order chi connectivity index (χ1) is 26.0. The van der Waals surface area contributed by atoms with Crippen LogP contribution in [0, 0.1) is 6.92 Å². The number of nitrogens with one attached hydrogen (secondary N) is 1. The number of hydrogen-bond donors (Lipinski definition) is 1. The molecule has 292 valence electrons. The van der Waals surface area contributed by atoms with E-state index < -0.39 is 20.3 Å². The quantitative estimate of drug-likeness (QED) is 0.122. The first-order valence-corrected chi connectivity index (χ1v) is 23.9. The fraction of sp³-hybridized carbons (Fsp3) is 0.610. The lowest BCUT2D eigenvalue weighted by molar-refractivity contribution is 0.0218. The molecule has 13 heteroatoms. The van der Waals surface area contributed by atoms with E-state index in [1.807, 2.05) is 54.4 Å². The van der Waals surface area contributed by atoms with E-state index in [2.05, 4.69) is 34.8 Å². The Balaban J connectivity index is 1.02. The van der Waals surface area contributed by atoms with Crippen LogP contribution in [0.15, 0.2) is 42.6 Å². The number of aryl methyl sites for hydroxylation is 1. The maximum atomic E-state index is 14.4. The third kappa shape index (κ3) is 9.35. The number of anilines is 1. The van der Waals surface area contributed by atoms with Gasteiger partial charge in [0.05, 0.1) is 5.52 Å². The van der Waals surface area contributed by atoms with Gasteiger partial charge in [-0.05, 0) is 107 Å². The number of benzene rings is 2. The van der Waals surface area contributed by atoms with Crippen LogP contribution in [0.1, 0.15) is 66.4 Å². The topological polar surface area (TPSA) is 112 Å². The van der Waals surface area contributed by atoms with Crippen LogP contribution in [0.4, 0.5) is 15.3 Å². The summed E-state index contributed by atoms with van der Waals surface area (Å²) in [5, 5.41) is 8.64. The third-order valence-electron chi connectivity index (χ3n) is 11.8. The van der Waals surface area contributed by atoms with E-state index in [0.29, 0.717) is 64.0 Å². The van der Waals surface area contributed by atoms with E-state index in [4.69, 9.17) is 14.6 Å². The zero-order valence-corrected chi connectivity index (χ0v) is 33.7. The number of aromatic nitrogens is 2. The molecule has 2 aromatic carbocycles. The molecular formula is C41H59N7O5Si. The normalized spacial score (nSPS) is 20.2. The van der Waals surface area contributed by atoms with Gasteiger partial charge in [-0.3, -0.25) is 9.69 Å². The van der Waals surface area contributed by atoms with Crippen molar-refractivity contribution >= 4 is 42.6 Å². The number of para-hydroxylation sites is 1. The molecule has 3 fully saturated rings. The van der Waals surface area contributed by atoms with Gasteiger partial charge in [0.25, 0.3) is 0 Å². The molecule has 1 aromatic heterocycles. The third-order valence-corrected chi connectivity index (χ3v) is 13.5. The molecule has 0 spiro atoms. The molecule has 3 saturated heterocycles. The van der Waals surface area contributed by atoms with Crippen LogP contribution >= 0.6 is 0 Å². The predicted molar refractivity (Wildman–Crippen MR) is 214 cm³/mol. The molecule has 4 aliphatic heterocycles. The summed E-state index contributed by atoms with van der Waals surface area (Å²) in [6.45, 7) is 16.0. The number of nitrogens with zero attached hydrogens (tertiary/aromatic N) is 6. The Labute approximate surface area is 321 Å². The van der Waals surface area contributed by atoms with Crippen molar-refractivity contribution in [3.05, 3.63) is 59.3 Å². The van der Waals surface area contributed by atoms with Crippen molar-refractivity contribution in [1.82, 2.24) is 29.4 Å². The molecule has 0 radical (unpaired) electrons. The number of piperidine rings is 3. The first kappa shape index (κ1) is 38.5. The maximum Gasteiger partial charge on any atom is 0.410 e. The summed E-state index contributed by atoms with van der Waals surface area (Å²) in [6, 6.07) is 13.2. The first-order valence-electron chi connectivity index (χ1n) is 20.2. The Hall–Kier alpha value is -3.78. The van der Waals surface area contributed by atoms with Gasteiger partial charge >= 0.3 is 12.1 Å². The zero-order valence-electron chi connectivity index (χ0n) is 32.7. The molecule has 54 heavy (non-hydrogen) atoms. The molecule has 7 rings (SSSR count). The van der Waals surface area contributed by atoms with E-state index >= 15 is 0 Å². The lowest BCUT2D eigenvalue weighted by Crippen LogP contribution is -2.52. The zero-order chi connectivity index (χ0) is 37.8. The highest BCUT2D eigenvalue weighted by Crippen LogP contribution is 2.29. The number of amides is 3.